The highest BCUT2D eigenvalue weighted by atomic mass is 79.9. The lowest BCUT2D eigenvalue weighted by Gasteiger charge is -2.14. The normalized spacial score (nSPS) is 11.7. The fourth-order valence-electron chi connectivity index (χ4n) is 1.67. The number of ether oxygens (including phenoxy) is 1. The first kappa shape index (κ1) is 15.5. The predicted molar refractivity (Wildman–Crippen MR) is 85.2 cm³/mol. The molecular weight excluding hydrogens is 338 g/mol. The molecule has 0 bridgehead atoms. The van der Waals surface area contributed by atoms with Gasteiger partial charge in [-0.25, -0.2) is 4.98 Å². The predicted octanol–water partition coefficient (Wildman–Crippen LogP) is 4.27. The molecule has 0 spiro atoms. The van der Waals surface area contributed by atoms with Crippen molar-refractivity contribution in [3.05, 3.63) is 44.3 Å². The van der Waals surface area contributed by atoms with E-state index in [-0.39, 0.29) is 12.0 Å². The molecule has 0 fully saturated rings. The third-order valence-corrected chi connectivity index (χ3v) is 4.18. The minimum Gasteiger partial charge on any atom is -0.486 e. The van der Waals surface area contributed by atoms with Gasteiger partial charge in [-0.05, 0) is 18.2 Å². The molecule has 1 heterocycles. The summed E-state index contributed by atoms with van der Waals surface area (Å²) < 4.78 is 6.69. The standard InChI is InChI=1S/C15H18BrNO2S/c1-15(2,3)13-9-20-14(17-13)8-19-12-5-4-11(16)6-10(12)7-18/h4-6,9,18H,7-8H2,1-3H3. The Kier molecular flexibility index (Phi) is 4.83. The number of nitrogens with zero attached hydrogens (tertiary/aromatic N) is 1. The highest BCUT2D eigenvalue weighted by molar-refractivity contribution is 9.10. The first-order valence-corrected chi connectivity index (χ1v) is 8.04. The number of hydrogen-bond donors (Lipinski definition) is 1. The molecule has 0 atom stereocenters. The van der Waals surface area contributed by atoms with Gasteiger partial charge >= 0.3 is 0 Å². The lowest BCUT2D eigenvalue weighted by atomic mass is 9.93. The molecular formula is C15H18BrNO2S. The quantitative estimate of drug-likeness (QED) is 0.889. The van der Waals surface area contributed by atoms with Gasteiger partial charge < -0.3 is 9.84 Å². The largest absolute Gasteiger partial charge is 0.486 e. The molecule has 0 aliphatic carbocycles. The van der Waals surface area contributed by atoms with E-state index in [0.717, 1.165) is 20.7 Å². The average molecular weight is 356 g/mol. The minimum atomic E-state index is -0.0418. The van der Waals surface area contributed by atoms with Crippen LogP contribution in [-0.4, -0.2) is 10.1 Å². The Morgan fingerprint density at radius 1 is 1.35 bits per heavy atom. The van der Waals surface area contributed by atoms with Gasteiger partial charge in [-0.2, -0.15) is 0 Å². The number of thiazole rings is 1. The van der Waals surface area contributed by atoms with Crippen LogP contribution in [0, 0.1) is 0 Å². The first-order valence-electron chi connectivity index (χ1n) is 6.37. The van der Waals surface area contributed by atoms with Crippen molar-refractivity contribution in [3.8, 4) is 5.75 Å². The van der Waals surface area contributed by atoms with Gasteiger partial charge in [0.05, 0.1) is 12.3 Å². The van der Waals surface area contributed by atoms with Gasteiger partial charge in [-0.15, -0.1) is 11.3 Å². The van der Waals surface area contributed by atoms with E-state index in [0.29, 0.717) is 12.4 Å². The van der Waals surface area contributed by atoms with Crippen LogP contribution in [0.4, 0.5) is 0 Å². The summed E-state index contributed by atoms with van der Waals surface area (Å²) in [6.45, 7) is 6.82. The SMILES string of the molecule is CC(C)(C)c1csc(COc2ccc(Br)cc2CO)n1. The van der Waals surface area contributed by atoms with Gasteiger partial charge in [-0.3, -0.25) is 0 Å². The van der Waals surface area contributed by atoms with Crippen molar-refractivity contribution in [2.75, 3.05) is 0 Å². The second-order valence-electron chi connectivity index (χ2n) is 5.58. The molecule has 3 nitrogen and oxygen atoms in total. The Morgan fingerprint density at radius 3 is 2.70 bits per heavy atom. The second kappa shape index (κ2) is 6.24. The molecule has 2 rings (SSSR count). The maximum Gasteiger partial charge on any atom is 0.140 e. The molecule has 5 heteroatoms. The molecule has 108 valence electrons. The van der Waals surface area contributed by atoms with Crippen molar-refractivity contribution in [1.82, 2.24) is 4.98 Å². The van der Waals surface area contributed by atoms with Crippen LogP contribution in [0.5, 0.6) is 5.75 Å². The van der Waals surface area contributed by atoms with Crippen LogP contribution >= 0.6 is 27.3 Å². The van der Waals surface area contributed by atoms with E-state index in [1.54, 1.807) is 11.3 Å². The number of aliphatic hydroxyl groups excluding tert-OH is 1. The lowest BCUT2D eigenvalue weighted by molar-refractivity contribution is 0.258. The number of benzene rings is 1. The molecule has 1 aromatic heterocycles. The van der Waals surface area contributed by atoms with E-state index in [2.05, 4.69) is 47.1 Å². The fourth-order valence-corrected chi connectivity index (χ4v) is 3.01. The van der Waals surface area contributed by atoms with Gasteiger partial charge in [-0.1, -0.05) is 36.7 Å². The summed E-state index contributed by atoms with van der Waals surface area (Å²) in [7, 11) is 0. The summed E-state index contributed by atoms with van der Waals surface area (Å²) >= 11 is 4.99. The van der Waals surface area contributed by atoms with E-state index in [1.807, 2.05) is 18.2 Å². The van der Waals surface area contributed by atoms with Gasteiger partial charge in [0.2, 0.25) is 0 Å². The number of halogens is 1. The summed E-state index contributed by atoms with van der Waals surface area (Å²) in [4.78, 5) is 4.59. The Morgan fingerprint density at radius 2 is 2.10 bits per heavy atom. The third-order valence-electron chi connectivity index (χ3n) is 2.86. The lowest BCUT2D eigenvalue weighted by Crippen LogP contribution is -2.11. The van der Waals surface area contributed by atoms with E-state index in [4.69, 9.17) is 4.74 Å². The third kappa shape index (κ3) is 3.81. The van der Waals surface area contributed by atoms with Crippen LogP contribution in [0.1, 0.15) is 37.0 Å². The summed E-state index contributed by atoms with van der Waals surface area (Å²) in [6.07, 6.45) is 0. The molecule has 0 saturated heterocycles. The van der Waals surface area contributed by atoms with Crippen LogP contribution in [0.25, 0.3) is 0 Å². The van der Waals surface area contributed by atoms with Crippen molar-refractivity contribution in [3.63, 3.8) is 0 Å². The Bertz CT molecular complexity index is 590. The van der Waals surface area contributed by atoms with Gasteiger partial charge in [0, 0.05) is 20.8 Å². The summed E-state index contributed by atoms with van der Waals surface area (Å²) in [5.41, 5.74) is 1.91. The van der Waals surface area contributed by atoms with Crippen molar-refractivity contribution in [2.45, 2.75) is 39.4 Å². The van der Waals surface area contributed by atoms with Crippen molar-refractivity contribution in [2.24, 2.45) is 0 Å². The van der Waals surface area contributed by atoms with E-state index >= 15 is 0 Å². The average Bonchev–Trinajstić information content (AvgIpc) is 2.86. The molecule has 0 saturated carbocycles. The highest BCUT2D eigenvalue weighted by Gasteiger charge is 2.17. The Hall–Kier alpha value is -0.910. The maximum atomic E-state index is 9.34. The minimum absolute atomic E-state index is 0.0418. The Labute approximate surface area is 131 Å². The van der Waals surface area contributed by atoms with Crippen LogP contribution in [0.15, 0.2) is 28.1 Å². The van der Waals surface area contributed by atoms with Crippen LogP contribution in [0.2, 0.25) is 0 Å². The van der Waals surface area contributed by atoms with Gasteiger partial charge in [0.25, 0.3) is 0 Å². The molecule has 20 heavy (non-hydrogen) atoms. The fraction of sp³-hybridized carbons (Fsp3) is 0.400. The van der Waals surface area contributed by atoms with Crippen molar-refractivity contribution in [1.29, 1.82) is 0 Å². The number of aromatic nitrogens is 1. The van der Waals surface area contributed by atoms with Crippen molar-refractivity contribution < 1.29 is 9.84 Å². The molecule has 1 N–H and O–H groups in total. The zero-order chi connectivity index (χ0) is 14.8. The molecule has 0 radical (unpaired) electrons. The molecule has 0 aliphatic heterocycles. The number of hydrogen-bond acceptors (Lipinski definition) is 4. The van der Waals surface area contributed by atoms with Crippen LogP contribution in [0.3, 0.4) is 0 Å². The Balaban J connectivity index is 2.07. The molecule has 0 unspecified atom stereocenters. The maximum absolute atomic E-state index is 9.34. The summed E-state index contributed by atoms with van der Waals surface area (Å²) in [5, 5.41) is 12.4. The molecule has 0 aliphatic rings. The number of rotatable bonds is 4. The van der Waals surface area contributed by atoms with Crippen LogP contribution < -0.4 is 4.74 Å². The van der Waals surface area contributed by atoms with Crippen molar-refractivity contribution >= 4 is 27.3 Å². The topological polar surface area (TPSA) is 42.4 Å². The van der Waals surface area contributed by atoms with Gasteiger partial charge in [0.1, 0.15) is 17.4 Å². The molecule has 0 amide bonds. The monoisotopic (exact) mass is 355 g/mol. The highest BCUT2D eigenvalue weighted by Crippen LogP contribution is 2.27. The molecule has 2 aromatic rings. The van der Waals surface area contributed by atoms with E-state index in [9.17, 15) is 5.11 Å². The number of aliphatic hydroxyl groups is 1. The summed E-state index contributed by atoms with van der Waals surface area (Å²) in [5.74, 6) is 0.697. The molecule has 1 aromatic carbocycles. The zero-order valence-electron chi connectivity index (χ0n) is 11.8. The zero-order valence-corrected chi connectivity index (χ0v) is 14.2. The van der Waals surface area contributed by atoms with E-state index in [1.165, 1.54) is 0 Å². The smallest absolute Gasteiger partial charge is 0.140 e. The second-order valence-corrected chi connectivity index (χ2v) is 7.43. The first-order chi connectivity index (χ1) is 9.40. The van der Waals surface area contributed by atoms with Crippen LogP contribution in [-0.2, 0) is 18.6 Å². The van der Waals surface area contributed by atoms with E-state index < -0.39 is 0 Å². The van der Waals surface area contributed by atoms with Gasteiger partial charge in [0.15, 0.2) is 0 Å². The summed E-state index contributed by atoms with van der Waals surface area (Å²) in [6, 6.07) is 5.61.